The average molecular weight is 280 g/mol. The number of carbonyl (C=O) groups is 2. The molecule has 0 bridgehead atoms. The van der Waals surface area contributed by atoms with Crippen LogP contribution in [0.1, 0.15) is 24.2 Å². The van der Waals surface area contributed by atoms with Gasteiger partial charge in [0.25, 0.3) is 0 Å². The molecule has 0 saturated heterocycles. The van der Waals surface area contributed by atoms with Gasteiger partial charge in [-0.3, -0.25) is 4.79 Å². The Morgan fingerprint density at radius 2 is 2.15 bits per heavy atom. The van der Waals surface area contributed by atoms with E-state index in [4.69, 9.17) is 10.5 Å². The lowest BCUT2D eigenvalue weighted by Gasteiger charge is -2.18. The first kappa shape index (κ1) is 15.7. The molecule has 0 radical (unpaired) electrons. The summed E-state index contributed by atoms with van der Waals surface area (Å²) in [5.41, 5.74) is 6.16. The Balaban J connectivity index is 2.90. The second kappa shape index (κ2) is 6.74. The summed E-state index contributed by atoms with van der Waals surface area (Å²) in [4.78, 5) is 29.0. The zero-order chi connectivity index (χ0) is 15.3. The fraction of sp³-hybridized carbons (Fsp3) is 0.462. The normalized spacial score (nSPS) is 11.6. The van der Waals surface area contributed by atoms with Gasteiger partial charge in [-0.25, -0.2) is 9.78 Å². The van der Waals surface area contributed by atoms with E-state index in [1.54, 1.807) is 27.9 Å². The standard InChI is InChI=1S/C13H20N4O3/c1-5-20-13(19)9-6-11(15-7-10(9)14)16-8(2)12(18)17(3)4/h6-8H,5,14H2,1-4H3,(H,15,16). The Labute approximate surface area is 118 Å². The summed E-state index contributed by atoms with van der Waals surface area (Å²) < 4.78 is 4.90. The largest absolute Gasteiger partial charge is 0.462 e. The van der Waals surface area contributed by atoms with Crippen molar-refractivity contribution in [3.63, 3.8) is 0 Å². The van der Waals surface area contributed by atoms with Crippen LogP contribution in [0.3, 0.4) is 0 Å². The molecule has 1 aromatic rings. The Morgan fingerprint density at radius 1 is 1.50 bits per heavy atom. The number of nitrogens with zero attached hydrogens (tertiary/aromatic N) is 2. The number of esters is 1. The van der Waals surface area contributed by atoms with Gasteiger partial charge in [0.1, 0.15) is 11.9 Å². The van der Waals surface area contributed by atoms with Crippen LogP contribution < -0.4 is 11.1 Å². The highest BCUT2D eigenvalue weighted by molar-refractivity contribution is 5.95. The van der Waals surface area contributed by atoms with Crippen molar-refractivity contribution < 1.29 is 14.3 Å². The number of anilines is 2. The van der Waals surface area contributed by atoms with Crippen molar-refractivity contribution in [2.75, 3.05) is 31.8 Å². The first-order chi connectivity index (χ1) is 9.36. The van der Waals surface area contributed by atoms with Crippen LogP contribution in [0.25, 0.3) is 0 Å². The fourth-order valence-electron chi connectivity index (χ4n) is 1.60. The summed E-state index contributed by atoms with van der Waals surface area (Å²) in [7, 11) is 3.34. The van der Waals surface area contributed by atoms with E-state index in [2.05, 4.69) is 10.3 Å². The zero-order valence-electron chi connectivity index (χ0n) is 12.1. The minimum atomic E-state index is -0.512. The van der Waals surface area contributed by atoms with Gasteiger partial charge < -0.3 is 20.7 Å². The molecule has 1 aromatic heterocycles. The molecular weight excluding hydrogens is 260 g/mol. The van der Waals surface area contributed by atoms with Crippen molar-refractivity contribution in [2.45, 2.75) is 19.9 Å². The maximum atomic E-state index is 11.8. The lowest BCUT2D eigenvalue weighted by molar-refractivity contribution is -0.129. The van der Waals surface area contributed by atoms with Crippen molar-refractivity contribution in [3.8, 4) is 0 Å². The summed E-state index contributed by atoms with van der Waals surface area (Å²) in [6.45, 7) is 3.69. The molecule has 1 unspecified atom stereocenters. The first-order valence-corrected chi connectivity index (χ1v) is 6.27. The van der Waals surface area contributed by atoms with Crippen molar-refractivity contribution in [1.29, 1.82) is 0 Å². The second-order valence-electron chi connectivity index (χ2n) is 4.48. The maximum Gasteiger partial charge on any atom is 0.340 e. The molecule has 0 aliphatic rings. The number of nitrogen functional groups attached to an aromatic ring is 1. The van der Waals surface area contributed by atoms with E-state index < -0.39 is 12.0 Å². The van der Waals surface area contributed by atoms with Crippen molar-refractivity contribution in [2.24, 2.45) is 0 Å². The Kier molecular flexibility index (Phi) is 5.31. The monoisotopic (exact) mass is 280 g/mol. The van der Waals surface area contributed by atoms with E-state index in [0.29, 0.717) is 5.82 Å². The van der Waals surface area contributed by atoms with E-state index in [1.807, 2.05) is 0 Å². The maximum absolute atomic E-state index is 11.8. The smallest absolute Gasteiger partial charge is 0.340 e. The molecule has 0 aliphatic carbocycles. The Morgan fingerprint density at radius 3 is 2.70 bits per heavy atom. The highest BCUT2D eigenvalue weighted by Crippen LogP contribution is 2.16. The minimum Gasteiger partial charge on any atom is -0.462 e. The zero-order valence-corrected chi connectivity index (χ0v) is 12.1. The number of amides is 1. The molecule has 110 valence electrons. The lowest BCUT2D eigenvalue weighted by atomic mass is 10.2. The average Bonchev–Trinajstić information content (AvgIpc) is 2.40. The molecule has 0 aliphatic heterocycles. The molecule has 0 spiro atoms. The lowest BCUT2D eigenvalue weighted by Crippen LogP contribution is -2.36. The van der Waals surface area contributed by atoms with Crippen LogP contribution in [0.4, 0.5) is 11.5 Å². The number of likely N-dealkylation sites (N-methyl/N-ethyl adjacent to an activating group) is 1. The third-order valence-electron chi connectivity index (χ3n) is 2.61. The quantitative estimate of drug-likeness (QED) is 0.772. The molecule has 0 fully saturated rings. The predicted molar refractivity (Wildman–Crippen MR) is 76.4 cm³/mol. The van der Waals surface area contributed by atoms with Gasteiger partial charge >= 0.3 is 5.97 Å². The number of aromatic nitrogens is 1. The van der Waals surface area contributed by atoms with Gasteiger partial charge in [-0.1, -0.05) is 0 Å². The van der Waals surface area contributed by atoms with Crippen molar-refractivity contribution in [1.82, 2.24) is 9.88 Å². The number of hydrogen-bond acceptors (Lipinski definition) is 6. The van der Waals surface area contributed by atoms with Gasteiger partial charge in [-0.05, 0) is 19.9 Å². The van der Waals surface area contributed by atoms with E-state index in [-0.39, 0.29) is 23.8 Å². The van der Waals surface area contributed by atoms with Crippen molar-refractivity contribution in [3.05, 3.63) is 17.8 Å². The molecule has 7 nitrogen and oxygen atoms in total. The number of nitrogens with two attached hydrogens (primary N) is 1. The summed E-state index contributed by atoms with van der Waals surface area (Å²) in [5.74, 6) is -0.215. The fourth-order valence-corrected chi connectivity index (χ4v) is 1.60. The topological polar surface area (TPSA) is 97.5 Å². The molecule has 1 atom stereocenters. The molecule has 0 aromatic carbocycles. The molecule has 7 heteroatoms. The predicted octanol–water partition coefficient (Wildman–Crippen LogP) is 0.729. The van der Waals surface area contributed by atoms with Crippen LogP contribution in [-0.4, -0.2) is 48.5 Å². The molecule has 1 heterocycles. The Hall–Kier alpha value is -2.31. The van der Waals surface area contributed by atoms with Gasteiger partial charge in [0, 0.05) is 14.1 Å². The van der Waals surface area contributed by atoms with Gasteiger partial charge in [0.15, 0.2) is 0 Å². The number of nitrogens with one attached hydrogen (secondary N) is 1. The van der Waals surface area contributed by atoms with Gasteiger partial charge in [-0.2, -0.15) is 0 Å². The minimum absolute atomic E-state index is 0.0960. The number of ether oxygens (including phenoxy) is 1. The summed E-state index contributed by atoms with van der Waals surface area (Å²) >= 11 is 0. The van der Waals surface area contributed by atoms with Crippen molar-refractivity contribution >= 4 is 23.4 Å². The molecule has 1 rings (SSSR count). The summed E-state index contributed by atoms with van der Waals surface area (Å²) in [5, 5.41) is 2.92. The SMILES string of the molecule is CCOC(=O)c1cc(NC(C)C(=O)N(C)C)ncc1N. The third kappa shape index (κ3) is 3.84. The van der Waals surface area contributed by atoms with E-state index >= 15 is 0 Å². The summed E-state index contributed by atoms with van der Waals surface area (Å²) in [6.07, 6.45) is 1.36. The van der Waals surface area contributed by atoms with Crippen LogP contribution >= 0.6 is 0 Å². The molecule has 1 amide bonds. The number of hydrogen-bond donors (Lipinski definition) is 2. The summed E-state index contributed by atoms with van der Waals surface area (Å²) in [6, 6.07) is 1.02. The van der Waals surface area contributed by atoms with E-state index in [1.165, 1.54) is 17.2 Å². The second-order valence-corrected chi connectivity index (χ2v) is 4.48. The molecular formula is C13H20N4O3. The first-order valence-electron chi connectivity index (χ1n) is 6.27. The highest BCUT2D eigenvalue weighted by Gasteiger charge is 2.17. The van der Waals surface area contributed by atoms with Gasteiger partial charge in [-0.15, -0.1) is 0 Å². The van der Waals surface area contributed by atoms with Crippen LogP contribution in [-0.2, 0) is 9.53 Å². The number of rotatable bonds is 5. The number of pyridine rings is 1. The number of carbonyl (C=O) groups excluding carboxylic acids is 2. The van der Waals surface area contributed by atoms with Crippen LogP contribution in [0.2, 0.25) is 0 Å². The Bertz CT molecular complexity index is 502. The molecule has 3 N–H and O–H groups in total. The van der Waals surface area contributed by atoms with E-state index in [0.717, 1.165) is 0 Å². The molecule has 20 heavy (non-hydrogen) atoms. The van der Waals surface area contributed by atoms with Crippen LogP contribution in [0.15, 0.2) is 12.3 Å². The van der Waals surface area contributed by atoms with Crippen LogP contribution in [0, 0.1) is 0 Å². The van der Waals surface area contributed by atoms with Crippen LogP contribution in [0.5, 0.6) is 0 Å². The van der Waals surface area contributed by atoms with Gasteiger partial charge in [0.2, 0.25) is 5.91 Å². The van der Waals surface area contributed by atoms with E-state index in [9.17, 15) is 9.59 Å². The third-order valence-corrected chi connectivity index (χ3v) is 2.61. The van der Waals surface area contributed by atoms with Gasteiger partial charge in [0.05, 0.1) is 24.1 Å². The highest BCUT2D eigenvalue weighted by atomic mass is 16.5. The molecule has 0 saturated carbocycles.